The summed E-state index contributed by atoms with van der Waals surface area (Å²) in [5.74, 6) is 0.380. The predicted octanol–water partition coefficient (Wildman–Crippen LogP) is 1.24. The van der Waals surface area contributed by atoms with E-state index in [2.05, 4.69) is 31.2 Å². The topological polar surface area (TPSA) is 33.9 Å². The van der Waals surface area contributed by atoms with Crippen molar-refractivity contribution in [2.45, 2.75) is 38.2 Å². The number of piperidine rings is 1. The lowest BCUT2D eigenvalue weighted by Crippen LogP contribution is -3.14. The predicted molar refractivity (Wildman–Crippen MR) is 81.1 cm³/mol. The van der Waals surface area contributed by atoms with Gasteiger partial charge in [-0.25, -0.2) is 0 Å². The fourth-order valence-electron chi connectivity index (χ4n) is 2.91. The number of rotatable bonds is 7. The van der Waals surface area contributed by atoms with Crippen molar-refractivity contribution in [1.82, 2.24) is 0 Å². The molecular weight excluding hydrogens is 250 g/mol. The number of quaternary nitrogens is 1. The van der Waals surface area contributed by atoms with Crippen LogP contribution in [0, 0.1) is 0 Å². The average molecular weight is 278 g/mol. The highest BCUT2D eigenvalue weighted by atomic mass is 16.5. The lowest BCUT2D eigenvalue weighted by molar-refractivity contribution is -0.908. The number of hydrogen-bond donors (Lipinski definition) is 2. The van der Waals surface area contributed by atoms with Gasteiger partial charge in [0.05, 0.1) is 26.3 Å². The van der Waals surface area contributed by atoms with E-state index >= 15 is 0 Å². The van der Waals surface area contributed by atoms with Gasteiger partial charge in [-0.15, -0.1) is 0 Å². The molecule has 0 aromatic heterocycles. The molecule has 1 aliphatic heterocycles. The highest BCUT2D eigenvalue weighted by molar-refractivity contribution is 5.18. The fourth-order valence-corrected chi connectivity index (χ4v) is 2.91. The Labute approximate surface area is 122 Å². The first-order chi connectivity index (χ1) is 9.75. The molecule has 2 atom stereocenters. The van der Waals surface area contributed by atoms with Crippen LogP contribution in [0.3, 0.4) is 0 Å². The molecule has 1 aromatic carbocycles. The van der Waals surface area contributed by atoms with Gasteiger partial charge < -0.3 is 14.7 Å². The largest absolute Gasteiger partial charge is 0.385 e. The minimum Gasteiger partial charge on any atom is -0.385 e. The summed E-state index contributed by atoms with van der Waals surface area (Å²) < 4.78 is 5.69. The maximum Gasteiger partial charge on any atom is 0.126 e. The van der Waals surface area contributed by atoms with Crippen LogP contribution < -0.4 is 4.90 Å². The van der Waals surface area contributed by atoms with E-state index < -0.39 is 0 Å². The average Bonchev–Trinajstić information content (AvgIpc) is 2.49. The standard InChI is InChI=1S/C17H27NO2/c1-15(16-8-4-2-5-9-16)13-20-14-17(19)12-18-10-6-3-7-11-18/h2,4-5,8-9,15,17,19H,3,6-7,10-14H2,1H3/p+1/t15-,17+/m0/s1. The van der Waals surface area contributed by atoms with Crippen LogP contribution in [0.1, 0.15) is 37.7 Å². The van der Waals surface area contributed by atoms with Gasteiger partial charge in [-0.05, 0) is 24.8 Å². The van der Waals surface area contributed by atoms with Crippen LogP contribution in [0.15, 0.2) is 30.3 Å². The highest BCUT2D eigenvalue weighted by Gasteiger charge is 2.18. The van der Waals surface area contributed by atoms with Gasteiger partial charge in [0.2, 0.25) is 0 Å². The van der Waals surface area contributed by atoms with E-state index in [1.54, 1.807) is 0 Å². The zero-order valence-corrected chi connectivity index (χ0v) is 12.6. The number of ether oxygens (including phenoxy) is 1. The Morgan fingerprint density at radius 1 is 1.10 bits per heavy atom. The number of aliphatic hydroxyl groups is 1. The van der Waals surface area contributed by atoms with Crippen LogP contribution in [-0.2, 0) is 4.74 Å². The number of hydrogen-bond acceptors (Lipinski definition) is 2. The Hall–Kier alpha value is -0.900. The summed E-state index contributed by atoms with van der Waals surface area (Å²) in [5, 5.41) is 10.0. The molecule has 1 aliphatic rings. The fraction of sp³-hybridized carbons (Fsp3) is 0.647. The molecule has 112 valence electrons. The van der Waals surface area contributed by atoms with Crippen LogP contribution in [0.5, 0.6) is 0 Å². The van der Waals surface area contributed by atoms with E-state index in [1.807, 2.05) is 6.07 Å². The van der Waals surface area contributed by atoms with Crippen molar-refractivity contribution >= 4 is 0 Å². The van der Waals surface area contributed by atoms with Gasteiger partial charge >= 0.3 is 0 Å². The van der Waals surface area contributed by atoms with Gasteiger partial charge in [-0.3, -0.25) is 0 Å². The monoisotopic (exact) mass is 278 g/mol. The molecule has 0 bridgehead atoms. The molecule has 0 radical (unpaired) electrons. The van der Waals surface area contributed by atoms with Crippen LogP contribution >= 0.6 is 0 Å². The van der Waals surface area contributed by atoms with Crippen molar-refractivity contribution in [3.63, 3.8) is 0 Å². The number of aliphatic hydroxyl groups excluding tert-OH is 1. The normalized spacial score (nSPS) is 19.7. The third kappa shape index (κ3) is 5.23. The zero-order chi connectivity index (χ0) is 14.2. The molecule has 3 heteroatoms. The van der Waals surface area contributed by atoms with Crippen molar-refractivity contribution in [1.29, 1.82) is 0 Å². The molecule has 0 spiro atoms. The molecule has 20 heavy (non-hydrogen) atoms. The molecule has 1 heterocycles. The summed E-state index contributed by atoms with van der Waals surface area (Å²) in [6, 6.07) is 10.4. The number of likely N-dealkylation sites (tertiary alicyclic amines) is 1. The second kappa shape index (κ2) is 8.40. The van der Waals surface area contributed by atoms with E-state index in [0.29, 0.717) is 19.1 Å². The third-order valence-electron chi connectivity index (χ3n) is 4.13. The molecule has 2 N–H and O–H groups in total. The first-order valence-corrected chi connectivity index (χ1v) is 7.90. The molecule has 2 rings (SSSR count). The summed E-state index contributed by atoms with van der Waals surface area (Å²) >= 11 is 0. The first kappa shape index (κ1) is 15.5. The SMILES string of the molecule is C[C@@H](COC[C@H](O)C[NH+]1CCCCC1)c1ccccc1. The maximum atomic E-state index is 10.0. The zero-order valence-electron chi connectivity index (χ0n) is 12.6. The van der Waals surface area contributed by atoms with Gasteiger partial charge in [0, 0.05) is 5.92 Å². The van der Waals surface area contributed by atoms with E-state index in [4.69, 9.17) is 4.74 Å². The van der Waals surface area contributed by atoms with Gasteiger partial charge in [0.15, 0.2) is 0 Å². The Morgan fingerprint density at radius 3 is 2.50 bits per heavy atom. The molecule has 1 aromatic rings. The number of nitrogens with one attached hydrogen (secondary N) is 1. The Morgan fingerprint density at radius 2 is 1.80 bits per heavy atom. The molecule has 3 nitrogen and oxygen atoms in total. The van der Waals surface area contributed by atoms with Crippen LogP contribution in [0.25, 0.3) is 0 Å². The minimum atomic E-state index is -0.328. The number of benzene rings is 1. The molecular formula is C17H28NO2+. The second-order valence-electron chi connectivity index (χ2n) is 6.02. The molecule has 0 aliphatic carbocycles. The highest BCUT2D eigenvalue weighted by Crippen LogP contribution is 2.14. The lowest BCUT2D eigenvalue weighted by Gasteiger charge is -2.25. The quantitative estimate of drug-likeness (QED) is 0.787. The van der Waals surface area contributed by atoms with Crippen LogP contribution in [-0.4, -0.2) is 44.1 Å². The molecule has 1 saturated heterocycles. The first-order valence-electron chi connectivity index (χ1n) is 7.90. The van der Waals surface area contributed by atoms with Gasteiger partial charge in [-0.1, -0.05) is 37.3 Å². The summed E-state index contributed by atoms with van der Waals surface area (Å²) in [7, 11) is 0. The summed E-state index contributed by atoms with van der Waals surface area (Å²) in [6.45, 7) is 6.54. The maximum absolute atomic E-state index is 10.0. The van der Waals surface area contributed by atoms with Crippen molar-refractivity contribution < 1.29 is 14.7 Å². The van der Waals surface area contributed by atoms with Gasteiger partial charge in [0.25, 0.3) is 0 Å². The summed E-state index contributed by atoms with van der Waals surface area (Å²) in [6.07, 6.45) is 3.62. The summed E-state index contributed by atoms with van der Waals surface area (Å²) in [4.78, 5) is 1.53. The molecule has 1 fully saturated rings. The van der Waals surface area contributed by atoms with Gasteiger partial charge in [-0.2, -0.15) is 0 Å². The van der Waals surface area contributed by atoms with Crippen molar-refractivity contribution in [3.8, 4) is 0 Å². The van der Waals surface area contributed by atoms with Crippen molar-refractivity contribution in [2.75, 3.05) is 32.8 Å². The van der Waals surface area contributed by atoms with Crippen molar-refractivity contribution in [2.24, 2.45) is 0 Å². The minimum absolute atomic E-state index is 0.328. The van der Waals surface area contributed by atoms with E-state index in [9.17, 15) is 5.11 Å². The summed E-state index contributed by atoms with van der Waals surface area (Å²) in [5.41, 5.74) is 1.30. The molecule has 0 unspecified atom stereocenters. The van der Waals surface area contributed by atoms with Crippen LogP contribution in [0.2, 0.25) is 0 Å². The molecule has 0 saturated carbocycles. The second-order valence-corrected chi connectivity index (χ2v) is 6.02. The third-order valence-corrected chi connectivity index (χ3v) is 4.13. The van der Waals surface area contributed by atoms with E-state index in [0.717, 1.165) is 6.54 Å². The van der Waals surface area contributed by atoms with E-state index in [-0.39, 0.29) is 6.10 Å². The lowest BCUT2D eigenvalue weighted by atomic mass is 10.0. The molecule has 0 amide bonds. The smallest absolute Gasteiger partial charge is 0.126 e. The van der Waals surface area contributed by atoms with Crippen LogP contribution in [0.4, 0.5) is 0 Å². The van der Waals surface area contributed by atoms with Crippen molar-refractivity contribution in [3.05, 3.63) is 35.9 Å². The Kier molecular flexibility index (Phi) is 6.51. The van der Waals surface area contributed by atoms with Gasteiger partial charge in [0.1, 0.15) is 12.6 Å². The van der Waals surface area contributed by atoms with E-state index in [1.165, 1.54) is 42.8 Å². The Bertz CT molecular complexity index is 363. The Balaban J connectivity index is 1.62.